The van der Waals surface area contributed by atoms with Gasteiger partial charge in [-0.3, -0.25) is 0 Å². The highest BCUT2D eigenvalue weighted by Crippen LogP contribution is 2.43. The monoisotopic (exact) mass is 236 g/mol. The minimum absolute atomic E-state index is 0.410. The van der Waals surface area contributed by atoms with Crippen molar-refractivity contribution in [3.63, 3.8) is 0 Å². The van der Waals surface area contributed by atoms with Gasteiger partial charge in [-0.25, -0.2) is 9.97 Å². The van der Waals surface area contributed by atoms with Gasteiger partial charge in [-0.05, 0) is 24.3 Å². The molecule has 0 amide bonds. The molecule has 0 N–H and O–H groups in total. The first-order valence-electron chi connectivity index (χ1n) is 5.62. The van der Waals surface area contributed by atoms with Gasteiger partial charge in [-0.2, -0.15) is 0 Å². The molecule has 86 valence electrons. The number of fused-ring (bicyclic) bond motifs is 3. The molecule has 0 bridgehead atoms. The summed E-state index contributed by atoms with van der Waals surface area (Å²) in [4.78, 5) is 8.81. The van der Waals surface area contributed by atoms with Crippen molar-refractivity contribution in [2.24, 2.45) is 0 Å². The summed E-state index contributed by atoms with van der Waals surface area (Å²) in [5, 5.41) is 0. The second-order valence-corrected chi connectivity index (χ2v) is 3.97. The topological polar surface area (TPSA) is 44.2 Å². The quantitative estimate of drug-likeness (QED) is 0.468. The molecule has 4 heteroatoms. The van der Waals surface area contributed by atoms with Crippen LogP contribution in [-0.4, -0.2) is 9.97 Å². The van der Waals surface area contributed by atoms with Crippen LogP contribution in [0.1, 0.15) is 0 Å². The number of ether oxygens (including phenoxy) is 2. The van der Waals surface area contributed by atoms with E-state index in [1.54, 1.807) is 0 Å². The highest BCUT2D eigenvalue weighted by Gasteiger charge is 2.21. The Kier molecular flexibility index (Phi) is 1.80. The number of hydrogen-bond acceptors (Lipinski definition) is 4. The summed E-state index contributed by atoms with van der Waals surface area (Å²) in [7, 11) is 0. The van der Waals surface area contributed by atoms with Crippen molar-refractivity contribution in [2.45, 2.75) is 0 Å². The molecule has 1 aliphatic heterocycles. The van der Waals surface area contributed by atoms with Crippen molar-refractivity contribution < 1.29 is 9.47 Å². The maximum Gasteiger partial charge on any atom is 0.284 e. The van der Waals surface area contributed by atoms with Gasteiger partial charge in [0, 0.05) is 0 Å². The summed E-state index contributed by atoms with van der Waals surface area (Å²) in [6.45, 7) is 0. The van der Waals surface area contributed by atoms with Gasteiger partial charge < -0.3 is 9.47 Å². The molecular weight excluding hydrogens is 228 g/mol. The molecule has 0 radical (unpaired) electrons. The highest BCUT2D eigenvalue weighted by molar-refractivity contribution is 5.75. The molecule has 3 aromatic rings. The molecule has 4 rings (SSSR count). The molecule has 1 aromatic heterocycles. The van der Waals surface area contributed by atoms with E-state index in [1.165, 1.54) is 0 Å². The van der Waals surface area contributed by atoms with Gasteiger partial charge in [0.25, 0.3) is 11.8 Å². The molecule has 0 fully saturated rings. The van der Waals surface area contributed by atoms with Crippen molar-refractivity contribution in [3.05, 3.63) is 48.5 Å². The van der Waals surface area contributed by atoms with Crippen LogP contribution in [0, 0.1) is 0 Å². The van der Waals surface area contributed by atoms with Crippen molar-refractivity contribution in [1.29, 1.82) is 0 Å². The smallest absolute Gasteiger partial charge is 0.284 e. The van der Waals surface area contributed by atoms with Gasteiger partial charge in [-0.1, -0.05) is 24.3 Å². The number of hydrogen-bond donors (Lipinski definition) is 0. The van der Waals surface area contributed by atoms with Crippen LogP contribution in [0.4, 0.5) is 0 Å². The fourth-order valence-electron chi connectivity index (χ4n) is 1.93. The van der Waals surface area contributed by atoms with Gasteiger partial charge in [0.05, 0.1) is 11.0 Å². The normalized spacial score (nSPS) is 12.2. The SMILES string of the molecule is c1ccc2c(c1)Oc1nc3ccccc3nc1O2. The second-order valence-electron chi connectivity index (χ2n) is 3.97. The molecule has 0 aliphatic carbocycles. The van der Waals surface area contributed by atoms with Gasteiger partial charge in [0.15, 0.2) is 11.5 Å². The maximum absolute atomic E-state index is 5.69. The summed E-state index contributed by atoms with van der Waals surface area (Å²) in [5.74, 6) is 2.14. The van der Waals surface area contributed by atoms with E-state index in [0.29, 0.717) is 23.3 Å². The zero-order valence-electron chi connectivity index (χ0n) is 9.33. The lowest BCUT2D eigenvalue weighted by Crippen LogP contribution is -2.02. The fraction of sp³-hybridized carbons (Fsp3) is 0. The number of aromatic nitrogens is 2. The molecule has 0 unspecified atom stereocenters. The van der Waals surface area contributed by atoms with E-state index in [2.05, 4.69) is 9.97 Å². The van der Waals surface area contributed by atoms with Gasteiger partial charge in [0.1, 0.15) is 0 Å². The van der Waals surface area contributed by atoms with E-state index in [0.717, 1.165) is 11.0 Å². The molecular formula is C14H8N2O2. The maximum atomic E-state index is 5.69. The van der Waals surface area contributed by atoms with Crippen LogP contribution in [0.15, 0.2) is 48.5 Å². The van der Waals surface area contributed by atoms with Crippen LogP contribution in [-0.2, 0) is 0 Å². The summed E-state index contributed by atoms with van der Waals surface area (Å²) in [6, 6.07) is 15.1. The number of benzene rings is 2. The Balaban J connectivity index is 1.92. The minimum atomic E-state index is 0.410. The van der Waals surface area contributed by atoms with Crippen molar-refractivity contribution in [1.82, 2.24) is 9.97 Å². The average molecular weight is 236 g/mol. The first-order valence-corrected chi connectivity index (χ1v) is 5.62. The molecule has 2 heterocycles. The van der Waals surface area contributed by atoms with E-state index < -0.39 is 0 Å². The van der Waals surface area contributed by atoms with Gasteiger partial charge in [-0.15, -0.1) is 0 Å². The summed E-state index contributed by atoms with van der Waals surface area (Å²) < 4.78 is 11.4. The average Bonchev–Trinajstić information content (AvgIpc) is 2.42. The predicted octanol–water partition coefficient (Wildman–Crippen LogP) is 3.53. The predicted molar refractivity (Wildman–Crippen MR) is 66.1 cm³/mol. The Morgan fingerprint density at radius 2 is 1.06 bits per heavy atom. The molecule has 1 aliphatic rings. The van der Waals surface area contributed by atoms with E-state index >= 15 is 0 Å². The van der Waals surface area contributed by atoms with Crippen molar-refractivity contribution >= 4 is 11.0 Å². The van der Waals surface area contributed by atoms with Crippen LogP contribution in [0.5, 0.6) is 23.3 Å². The van der Waals surface area contributed by atoms with Crippen LogP contribution in [0.3, 0.4) is 0 Å². The first-order chi connectivity index (χ1) is 8.90. The standard InChI is InChI=1S/C14H8N2O2/c1-2-6-10-9(5-1)15-13-14(16-10)18-12-8-4-3-7-11(12)17-13/h1-8H. The molecule has 0 atom stereocenters. The number of rotatable bonds is 0. The fourth-order valence-corrected chi connectivity index (χ4v) is 1.93. The second kappa shape index (κ2) is 3.43. The third-order valence-corrected chi connectivity index (χ3v) is 2.77. The van der Waals surface area contributed by atoms with E-state index in [4.69, 9.17) is 9.47 Å². The lowest BCUT2D eigenvalue weighted by Gasteiger charge is -2.18. The summed E-state index contributed by atoms with van der Waals surface area (Å²) >= 11 is 0. The molecule has 18 heavy (non-hydrogen) atoms. The third-order valence-electron chi connectivity index (χ3n) is 2.77. The van der Waals surface area contributed by atoms with E-state index in [9.17, 15) is 0 Å². The third kappa shape index (κ3) is 1.32. The summed E-state index contributed by atoms with van der Waals surface area (Å²) in [5.41, 5.74) is 1.58. The van der Waals surface area contributed by atoms with E-state index in [-0.39, 0.29) is 0 Å². The minimum Gasteiger partial charge on any atom is -0.431 e. The lowest BCUT2D eigenvalue weighted by molar-refractivity contribution is 0.339. The largest absolute Gasteiger partial charge is 0.431 e. The summed E-state index contributed by atoms with van der Waals surface area (Å²) in [6.07, 6.45) is 0. The number of para-hydroxylation sites is 4. The van der Waals surface area contributed by atoms with Crippen LogP contribution in [0.2, 0.25) is 0 Å². The van der Waals surface area contributed by atoms with Gasteiger partial charge >= 0.3 is 0 Å². The Labute approximate surface area is 103 Å². The molecule has 0 saturated carbocycles. The zero-order valence-corrected chi connectivity index (χ0v) is 9.33. The van der Waals surface area contributed by atoms with E-state index in [1.807, 2.05) is 48.5 Å². The zero-order chi connectivity index (χ0) is 11.9. The number of nitrogens with zero attached hydrogens (tertiary/aromatic N) is 2. The highest BCUT2D eigenvalue weighted by atomic mass is 16.6. The first kappa shape index (κ1) is 9.41. The Morgan fingerprint density at radius 3 is 1.56 bits per heavy atom. The van der Waals surface area contributed by atoms with Crippen molar-refractivity contribution in [2.75, 3.05) is 0 Å². The van der Waals surface area contributed by atoms with Crippen LogP contribution < -0.4 is 9.47 Å². The molecule has 0 spiro atoms. The Hall–Kier alpha value is -2.62. The van der Waals surface area contributed by atoms with Crippen LogP contribution in [0.25, 0.3) is 11.0 Å². The molecule has 0 saturated heterocycles. The molecule has 4 nitrogen and oxygen atoms in total. The Morgan fingerprint density at radius 1 is 0.611 bits per heavy atom. The van der Waals surface area contributed by atoms with Crippen molar-refractivity contribution in [3.8, 4) is 23.3 Å². The Bertz CT molecular complexity index is 692. The van der Waals surface area contributed by atoms with Gasteiger partial charge in [0.2, 0.25) is 0 Å². The molecule has 2 aromatic carbocycles. The lowest BCUT2D eigenvalue weighted by atomic mass is 10.3. The van der Waals surface area contributed by atoms with Crippen LogP contribution >= 0.6 is 0 Å².